The van der Waals surface area contributed by atoms with E-state index in [1.807, 2.05) is 52.8 Å². The van der Waals surface area contributed by atoms with Crippen molar-refractivity contribution in [2.45, 2.75) is 40.0 Å². The van der Waals surface area contributed by atoms with Gasteiger partial charge in [0.15, 0.2) is 5.75 Å². The van der Waals surface area contributed by atoms with Crippen LogP contribution in [-0.4, -0.2) is 38.1 Å². The molecule has 0 fully saturated rings. The molecule has 0 spiro atoms. The molecule has 0 aliphatic carbocycles. The lowest BCUT2D eigenvalue weighted by Gasteiger charge is -2.25. The molecule has 1 N–H and O–H groups in total. The number of benzene rings is 1. The van der Waals surface area contributed by atoms with E-state index in [2.05, 4.69) is 10.1 Å². The number of halogens is 1. The van der Waals surface area contributed by atoms with Crippen LogP contribution in [0.4, 0.5) is 9.18 Å². The number of methoxy groups -OCH3 is 1. The Kier molecular flexibility index (Phi) is 5.40. The Morgan fingerprint density at radius 3 is 2.42 bits per heavy atom. The van der Waals surface area contributed by atoms with Crippen LogP contribution in [0.2, 0.25) is 0 Å². The smallest absolute Gasteiger partial charge is 0.432 e. The number of hydrogen-bond acceptors (Lipinski definition) is 5. The average Bonchev–Trinajstić information content (AvgIpc) is 3.13. The zero-order valence-corrected chi connectivity index (χ0v) is 19.4. The summed E-state index contributed by atoms with van der Waals surface area (Å²) in [5, 5.41) is 14.3. The number of carboxylic acid groups (broad SMARTS) is 1. The summed E-state index contributed by atoms with van der Waals surface area (Å²) in [7, 11) is 1.55. The van der Waals surface area contributed by atoms with Gasteiger partial charge in [-0.2, -0.15) is 14.2 Å². The maximum absolute atomic E-state index is 13.5. The summed E-state index contributed by atoms with van der Waals surface area (Å²) in [6.07, 6.45) is 0.0685. The van der Waals surface area contributed by atoms with Crippen molar-refractivity contribution in [3.8, 4) is 28.3 Å². The van der Waals surface area contributed by atoms with Gasteiger partial charge in [0, 0.05) is 22.9 Å². The predicted octanol–water partition coefficient (Wildman–Crippen LogP) is 5.75. The summed E-state index contributed by atoms with van der Waals surface area (Å²) in [5.74, 6) is -0.142. The highest BCUT2D eigenvalue weighted by atomic mass is 19.1. The van der Waals surface area contributed by atoms with E-state index >= 15 is 0 Å². The monoisotopic (exact) mass is 448 g/mol. The molecule has 0 unspecified atom stereocenters. The Morgan fingerprint density at radius 2 is 1.85 bits per heavy atom. The van der Waals surface area contributed by atoms with Crippen LogP contribution < -0.4 is 4.74 Å². The average molecular weight is 448 g/mol. The van der Waals surface area contributed by atoms with E-state index in [1.165, 1.54) is 18.3 Å². The molecule has 0 aliphatic rings. The molecule has 3 heterocycles. The van der Waals surface area contributed by atoms with Crippen molar-refractivity contribution in [1.82, 2.24) is 19.7 Å². The Balaban J connectivity index is 2.23. The zero-order valence-electron chi connectivity index (χ0n) is 19.4. The van der Waals surface area contributed by atoms with Crippen molar-refractivity contribution < 1.29 is 19.0 Å². The van der Waals surface area contributed by atoms with E-state index in [0.717, 1.165) is 21.4 Å². The van der Waals surface area contributed by atoms with E-state index in [0.29, 0.717) is 39.3 Å². The van der Waals surface area contributed by atoms with Crippen LogP contribution in [-0.2, 0) is 5.41 Å². The van der Waals surface area contributed by atoms with Crippen molar-refractivity contribution in [1.29, 1.82) is 0 Å². The molecule has 0 bridgehead atoms. The third-order valence-electron chi connectivity index (χ3n) is 5.76. The molecule has 0 atom stereocenters. The Hall–Kier alpha value is -3.81. The van der Waals surface area contributed by atoms with Gasteiger partial charge in [0.2, 0.25) is 5.95 Å². The second kappa shape index (κ2) is 7.95. The molecule has 0 saturated carbocycles. The quantitative estimate of drug-likeness (QED) is 0.402. The SMILES string of the molecule is COc1c(-c2cccc(C)c2C)nc2c(-c3ccc(F)nc3)nn(C(=O)O)c2c1C(C)(C)C. The molecule has 33 heavy (non-hydrogen) atoms. The highest BCUT2D eigenvalue weighted by molar-refractivity contribution is 6.00. The Morgan fingerprint density at radius 1 is 1.12 bits per heavy atom. The number of carbonyl (C=O) groups is 1. The fourth-order valence-electron chi connectivity index (χ4n) is 4.06. The second-order valence-corrected chi connectivity index (χ2v) is 8.98. The molecule has 0 saturated heterocycles. The van der Waals surface area contributed by atoms with E-state index in [1.54, 1.807) is 7.11 Å². The van der Waals surface area contributed by atoms with Crippen LogP contribution in [0.3, 0.4) is 0 Å². The molecule has 7 nitrogen and oxygen atoms in total. The molecule has 0 radical (unpaired) electrons. The molecule has 0 aliphatic heterocycles. The van der Waals surface area contributed by atoms with Gasteiger partial charge in [-0.05, 0) is 42.5 Å². The van der Waals surface area contributed by atoms with Crippen molar-refractivity contribution in [3.05, 3.63) is 59.2 Å². The third-order valence-corrected chi connectivity index (χ3v) is 5.76. The molecule has 4 aromatic rings. The lowest BCUT2D eigenvalue weighted by molar-refractivity contribution is 0.194. The topological polar surface area (TPSA) is 90.1 Å². The molecule has 0 amide bonds. The van der Waals surface area contributed by atoms with Gasteiger partial charge < -0.3 is 9.84 Å². The number of aryl methyl sites for hydroxylation is 1. The van der Waals surface area contributed by atoms with E-state index in [4.69, 9.17) is 9.72 Å². The summed E-state index contributed by atoms with van der Waals surface area (Å²) in [5.41, 5.74) is 5.25. The summed E-state index contributed by atoms with van der Waals surface area (Å²) in [6.45, 7) is 9.98. The minimum Gasteiger partial charge on any atom is -0.494 e. The maximum atomic E-state index is 13.5. The first-order valence-electron chi connectivity index (χ1n) is 10.5. The number of ether oxygens (including phenoxy) is 1. The van der Waals surface area contributed by atoms with Gasteiger partial charge in [-0.15, -0.1) is 0 Å². The molecular formula is C25H25FN4O3. The lowest BCUT2D eigenvalue weighted by atomic mass is 9.84. The van der Waals surface area contributed by atoms with Gasteiger partial charge in [-0.25, -0.2) is 14.8 Å². The molecule has 170 valence electrons. The third kappa shape index (κ3) is 3.71. The minimum absolute atomic E-state index is 0.305. The molecule has 3 aromatic heterocycles. The first kappa shape index (κ1) is 22.4. The van der Waals surface area contributed by atoms with Crippen molar-refractivity contribution >= 4 is 17.1 Å². The van der Waals surface area contributed by atoms with E-state index < -0.39 is 17.5 Å². The fourth-order valence-corrected chi connectivity index (χ4v) is 4.06. The van der Waals surface area contributed by atoms with Crippen molar-refractivity contribution in [2.24, 2.45) is 0 Å². The van der Waals surface area contributed by atoms with Crippen LogP contribution in [0.1, 0.15) is 37.5 Å². The first-order chi connectivity index (χ1) is 15.5. The molecule has 4 rings (SSSR count). The van der Waals surface area contributed by atoms with Gasteiger partial charge in [0.25, 0.3) is 0 Å². The fraction of sp³-hybridized carbons (Fsp3) is 0.280. The Bertz CT molecular complexity index is 1390. The van der Waals surface area contributed by atoms with Gasteiger partial charge in [-0.1, -0.05) is 39.0 Å². The van der Waals surface area contributed by atoms with Crippen LogP contribution in [0.25, 0.3) is 33.5 Å². The predicted molar refractivity (Wildman–Crippen MR) is 124 cm³/mol. The van der Waals surface area contributed by atoms with E-state index in [-0.39, 0.29) is 0 Å². The van der Waals surface area contributed by atoms with Gasteiger partial charge in [0.1, 0.15) is 22.4 Å². The number of aromatic nitrogens is 4. The zero-order chi connectivity index (χ0) is 24.1. The van der Waals surface area contributed by atoms with Crippen molar-refractivity contribution in [2.75, 3.05) is 7.11 Å². The highest BCUT2D eigenvalue weighted by Gasteiger charge is 2.32. The summed E-state index contributed by atoms with van der Waals surface area (Å²) < 4.78 is 20.3. The lowest BCUT2D eigenvalue weighted by Crippen LogP contribution is -2.19. The van der Waals surface area contributed by atoms with Gasteiger partial charge in [0.05, 0.1) is 7.11 Å². The van der Waals surface area contributed by atoms with E-state index in [9.17, 15) is 14.3 Å². The second-order valence-electron chi connectivity index (χ2n) is 8.98. The van der Waals surface area contributed by atoms with Crippen molar-refractivity contribution in [3.63, 3.8) is 0 Å². The normalized spacial score (nSPS) is 11.7. The molecular weight excluding hydrogens is 423 g/mol. The number of rotatable bonds is 3. The number of nitrogens with zero attached hydrogens (tertiary/aromatic N) is 4. The maximum Gasteiger partial charge on any atom is 0.432 e. The van der Waals surface area contributed by atoms with Crippen LogP contribution in [0.15, 0.2) is 36.5 Å². The van der Waals surface area contributed by atoms with Gasteiger partial charge in [-0.3, -0.25) is 0 Å². The summed E-state index contributed by atoms with van der Waals surface area (Å²) >= 11 is 0. The Labute approximate surface area is 190 Å². The molecule has 1 aromatic carbocycles. The number of pyridine rings is 2. The van der Waals surface area contributed by atoms with Crippen LogP contribution in [0.5, 0.6) is 5.75 Å². The van der Waals surface area contributed by atoms with Crippen LogP contribution in [0, 0.1) is 19.8 Å². The highest BCUT2D eigenvalue weighted by Crippen LogP contribution is 2.45. The largest absolute Gasteiger partial charge is 0.494 e. The number of fused-ring (bicyclic) bond motifs is 1. The molecule has 8 heteroatoms. The van der Waals surface area contributed by atoms with Crippen LogP contribution >= 0.6 is 0 Å². The standard InChI is InChI=1S/C25H25FN4O3/c1-13-8-7-9-16(14(13)2)20-23(33-6)18(25(3,4)5)22-21(28-20)19(29-30(22)24(31)32)15-10-11-17(26)27-12-15/h7-12H,1-6H3,(H,31,32). The van der Waals surface area contributed by atoms with Gasteiger partial charge >= 0.3 is 6.09 Å². The minimum atomic E-state index is -1.25. The summed E-state index contributed by atoms with van der Waals surface area (Å²) in [6, 6.07) is 8.65. The number of hydrogen-bond donors (Lipinski definition) is 1. The first-order valence-corrected chi connectivity index (χ1v) is 10.5. The summed E-state index contributed by atoms with van der Waals surface area (Å²) in [4.78, 5) is 20.8.